The molecule has 4 rings (SSSR count). The Labute approximate surface area is 184 Å². The summed E-state index contributed by atoms with van der Waals surface area (Å²) in [5, 5.41) is 3.09. The van der Waals surface area contributed by atoms with Gasteiger partial charge in [0.1, 0.15) is 5.75 Å². The second-order valence-corrected chi connectivity index (χ2v) is 10.5. The van der Waals surface area contributed by atoms with Gasteiger partial charge in [0.15, 0.2) is 6.10 Å². The molecular weight excluding hydrogens is 412 g/mol. The number of sulfonamides is 1. The van der Waals surface area contributed by atoms with Crippen LogP contribution in [0.3, 0.4) is 0 Å². The fourth-order valence-corrected chi connectivity index (χ4v) is 5.38. The Morgan fingerprint density at radius 3 is 2.61 bits per heavy atom. The molecule has 2 aromatic rings. The van der Waals surface area contributed by atoms with Crippen molar-refractivity contribution in [1.82, 2.24) is 5.32 Å². The highest BCUT2D eigenvalue weighted by Crippen LogP contribution is 2.36. The van der Waals surface area contributed by atoms with Crippen LogP contribution in [0.15, 0.2) is 36.4 Å². The maximum absolute atomic E-state index is 13.1. The molecule has 1 aliphatic carbocycles. The number of amides is 1. The van der Waals surface area contributed by atoms with Crippen LogP contribution in [0.2, 0.25) is 0 Å². The molecule has 2 unspecified atom stereocenters. The third kappa shape index (κ3) is 4.56. The number of aryl methyl sites for hydroxylation is 3. The Bertz CT molecular complexity index is 1100. The minimum Gasteiger partial charge on any atom is -0.476 e. The lowest BCUT2D eigenvalue weighted by molar-refractivity contribution is -0.128. The quantitative estimate of drug-likeness (QED) is 0.767. The lowest BCUT2D eigenvalue weighted by atomic mass is 9.88. The Balaban J connectivity index is 1.56. The smallest absolute Gasteiger partial charge is 0.263 e. The number of nitrogens with zero attached hydrogens (tertiary/aromatic N) is 1. The van der Waals surface area contributed by atoms with Crippen LogP contribution in [0.4, 0.5) is 5.69 Å². The largest absolute Gasteiger partial charge is 0.476 e. The number of benzene rings is 2. The summed E-state index contributed by atoms with van der Waals surface area (Å²) < 4.78 is 32.0. The lowest BCUT2D eigenvalue weighted by Gasteiger charge is -2.34. The first-order valence-corrected chi connectivity index (χ1v) is 12.8. The number of ether oxygens (including phenoxy) is 1. The fourth-order valence-electron chi connectivity index (χ4n) is 4.47. The second-order valence-electron chi connectivity index (χ2n) is 8.58. The van der Waals surface area contributed by atoms with Gasteiger partial charge >= 0.3 is 0 Å². The highest BCUT2D eigenvalue weighted by atomic mass is 32.2. The van der Waals surface area contributed by atoms with Crippen LogP contribution in [0.1, 0.15) is 54.5 Å². The number of carbonyl (C=O) groups excluding carboxylic acids is 1. The van der Waals surface area contributed by atoms with Crippen LogP contribution in [0.25, 0.3) is 0 Å². The van der Waals surface area contributed by atoms with Crippen molar-refractivity contribution in [2.45, 2.75) is 58.1 Å². The predicted octanol–water partition coefficient (Wildman–Crippen LogP) is 3.67. The van der Waals surface area contributed by atoms with Crippen LogP contribution in [0.5, 0.6) is 5.75 Å². The molecule has 1 aliphatic heterocycles. The van der Waals surface area contributed by atoms with Crippen molar-refractivity contribution in [2.24, 2.45) is 0 Å². The highest BCUT2D eigenvalue weighted by molar-refractivity contribution is 7.92. The Morgan fingerprint density at radius 1 is 1.16 bits per heavy atom. The van der Waals surface area contributed by atoms with Crippen molar-refractivity contribution in [3.05, 3.63) is 58.7 Å². The first kappa shape index (κ1) is 21.7. The molecule has 1 amide bonds. The Morgan fingerprint density at radius 2 is 1.90 bits per heavy atom. The van der Waals surface area contributed by atoms with Crippen molar-refractivity contribution in [1.29, 1.82) is 0 Å². The molecule has 0 saturated carbocycles. The molecule has 2 aromatic carbocycles. The Kier molecular flexibility index (Phi) is 5.97. The average molecular weight is 443 g/mol. The third-order valence-electron chi connectivity index (χ3n) is 6.18. The Hall–Kier alpha value is -2.54. The molecule has 1 N–H and O–H groups in total. The van der Waals surface area contributed by atoms with E-state index in [-0.39, 0.29) is 18.5 Å². The van der Waals surface area contributed by atoms with E-state index >= 15 is 0 Å². The van der Waals surface area contributed by atoms with Crippen molar-refractivity contribution in [3.8, 4) is 5.75 Å². The van der Waals surface area contributed by atoms with E-state index in [2.05, 4.69) is 23.5 Å². The molecule has 1 heterocycles. The molecule has 2 atom stereocenters. The highest BCUT2D eigenvalue weighted by Gasteiger charge is 2.35. The van der Waals surface area contributed by atoms with Crippen LogP contribution >= 0.6 is 0 Å². The van der Waals surface area contributed by atoms with E-state index in [0.29, 0.717) is 11.4 Å². The van der Waals surface area contributed by atoms with E-state index in [4.69, 9.17) is 4.74 Å². The number of nitrogens with one attached hydrogen (secondary N) is 1. The van der Waals surface area contributed by atoms with Gasteiger partial charge in [-0.2, -0.15) is 0 Å². The van der Waals surface area contributed by atoms with E-state index in [1.165, 1.54) is 28.3 Å². The predicted molar refractivity (Wildman–Crippen MR) is 122 cm³/mol. The first-order valence-electron chi connectivity index (χ1n) is 10.9. The summed E-state index contributed by atoms with van der Waals surface area (Å²) in [4.78, 5) is 13.1. The fraction of sp³-hybridized carbons (Fsp3) is 0.458. The molecule has 7 heteroatoms. The van der Waals surface area contributed by atoms with Gasteiger partial charge in [0.05, 0.1) is 24.5 Å². The second kappa shape index (κ2) is 8.54. The molecule has 31 heavy (non-hydrogen) atoms. The zero-order valence-corrected chi connectivity index (χ0v) is 19.2. The molecule has 2 aliphatic rings. The van der Waals surface area contributed by atoms with Gasteiger partial charge in [-0.05, 0) is 73.4 Å². The van der Waals surface area contributed by atoms with E-state index in [1.54, 1.807) is 12.1 Å². The molecule has 0 fully saturated rings. The third-order valence-corrected chi connectivity index (χ3v) is 7.32. The molecule has 0 radical (unpaired) electrons. The summed E-state index contributed by atoms with van der Waals surface area (Å²) in [7, 11) is -3.54. The molecular formula is C24H30N2O4S. The minimum atomic E-state index is -3.54. The van der Waals surface area contributed by atoms with Crippen LogP contribution in [-0.4, -0.2) is 33.2 Å². The van der Waals surface area contributed by atoms with Gasteiger partial charge in [-0.25, -0.2) is 8.42 Å². The number of anilines is 1. The van der Waals surface area contributed by atoms with Gasteiger partial charge in [0.2, 0.25) is 10.0 Å². The van der Waals surface area contributed by atoms with Crippen LogP contribution in [0, 0.1) is 6.92 Å². The molecule has 166 valence electrons. The number of hydrogen-bond acceptors (Lipinski definition) is 4. The van der Waals surface area contributed by atoms with Gasteiger partial charge in [0, 0.05) is 0 Å². The zero-order chi connectivity index (χ0) is 22.2. The van der Waals surface area contributed by atoms with Gasteiger partial charge in [0.25, 0.3) is 5.91 Å². The maximum atomic E-state index is 13.1. The normalized spacial score (nSPS) is 19.1. The molecule has 0 aromatic heterocycles. The summed E-state index contributed by atoms with van der Waals surface area (Å²) in [6.45, 7) is 3.90. The monoisotopic (exact) mass is 442 g/mol. The SMILES string of the molecule is CCC(NC(=O)C1CN(S(C)(=O)=O)c2ccc(C)cc2O1)c1ccc2c(c1)CCCC2. The number of fused-ring (bicyclic) bond motifs is 2. The lowest BCUT2D eigenvalue weighted by Crippen LogP contribution is -2.51. The van der Waals surface area contributed by atoms with Crippen LogP contribution < -0.4 is 14.4 Å². The standard InChI is InChI=1S/C24H30N2O4S/c1-4-20(19-11-10-17-7-5-6-8-18(17)14-19)25-24(27)23-15-26(31(3,28)29)21-12-9-16(2)13-22(21)30-23/h9-14,20,23H,4-8,15H2,1-3H3,(H,25,27). The summed E-state index contributed by atoms with van der Waals surface area (Å²) >= 11 is 0. The summed E-state index contributed by atoms with van der Waals surface area (Å²) in [5.74, 6) is 0.115. The zero-order valence-electron chi connectivity index (χ0n) is 18.3. The summed E-state index contributed by atoms with van der Waals surface area (Å²) in [6.07, 6.45) is 5.62. The topological polar surface area (TPSA) is 75.7 Å². The van der Waals surface area contributed by atoms with E-state index in [1.807, 2.05) is 19.9 Å². The van der Waals surface area contributed by atoms with E-state index < -0.39 is 16.1 Å². The first-order chi connectivity index (χ1) is 14.8. The molecule has 0 bridgehead atoms. The molecule has 6 nitrogen and oxygen atoms in total. The number of carbonyl (C=O) groups is 1. The number of hydrogen-bond donors (Lipinski definition) is 1. The van der Waals surface area contributed by atoms with Gasteiger partial charge in [-0.1, -0.05) is 31.2 Å². The molecule has 0 spiro atoms. The summed E-state index contributed by atoms with van der Waals surface area (Å²) in [6, 6.07) is 11.7. The van der Waals surface area contributed by atoms with Gasteiger partial charge in [-0.15, -0.1) is 0 Å². The van der Waals surface area contributed by atoms with E-state index in [0.717, 1.165) is 36.6 Å². The van der Waals surface area contributed by atoms with Gasteiger partial charge in [-0.3, -0.25) is 9.10 Å². The molecule has 0 saturated heterocycles. The van der Waals surface area contributed by atoms with Crippen molar-refractivity contribution in [3.63, 3.8) is 0 Å². The van der Waals surface area contributed by atoms with Crippen LogP contribution in [-0.2, 0) is 27.7 Å². The van der Waals surface area contributed by atoms with Crippen molar-refractivity contribution < 1.29 is 17.9 Å². The maximum Gasteiger partial charge on any atom is 0.263 e. The summed E-state index contributed by atoms with van der Waals surface area (Å²) in [5.41, 5.74) is 5.27. The van der Waals surface area contributed by atoms with Crippen molar-refractivity contribution >= 4 is 21.6 Å². The minimum absolute atomic E-state index is 0.0403. The number of rotatable bonds is 5. The van der Waals surface area contributed by atoms with E-state index in [9.17, 15) is 13.2 Å². The average Bonchev–Trinajstić information content (AvgIpc) is 2.75. The van der Waals surface area contributed by atoms with Gasteiger partial charge < -0.3 is 10.1 Å². The van der Waals surface area contributed by atoms with Crippen molar-refractivity contribution in [2.75, 3.05) is 17.1 Å².